The predicted molar refractivity (Wildman–Crippen MR) is 111 cm³/mol. The fourth-order valence-corrected chi connectivity index (χ4v) is 4.58. The van der Waals surface area contributed by atoms with E-state index in [0.29, 0.717) is 5.56 Å². The predicted octanol–water partition coefficient (Wildman–Crippen LogP) is 2.75. The van der Waals surface area contributed by atoms with Gasteiger partial charge in [-0.2, -0.15) is 22.4 Å². The molecule has 1 amide bonds. The standard InChI is InChI=1S/C19H17ClFN5O4S/c1-26-16(18(27)22-12-7-8-14(21)13(20)9-12)10-15(25-31(26,28)29)17-23-19(30-24-17)11-5-3-2-4-6-11/h2-9,15-16,25H,10H2,1H3,(H,22,27). The van der Waals surface area contributed by atoms with Crippen molar-refractivity contribution in [3.8, 4) is 11.5 Å². The number of anilines is 1. The normalized spacial score (nSPS) is 21.0. The molecule has 0 radical (unpaired) electrons. The molecule has 1 fully saturated rings. The van der Waals surface area contributed by atoms with Crippen molar-refractivity contribution in [2.24, 2.45) is 0 Å². The maximum atomic E-state index is 13.4. The molecule has 2 aromatic carbocycles. The molecule has 3 aromatic rings. The second kappa shape index (κ2) is 8.35. The first-order chi connectivity index (χ1) is 14.7. The number of amides is 1. The minimum Gasteiger partial charge on any atom is -0.334 e. The Morgan fingerprint density at radius 2 is 2.03 bits per heavy atom. The average Bonchev–Trinajstić information content (AvgIpc) is 3.23. The van der Waals surface area contributed by atoms with Crippen molar-refractivity contribution < 1.29 is 22.1 Å². The molecule has 2 heterocycles. The second-order valence-corrected chi connectivity index (χ2v) is 9.05. The van der Waals surface area contributed by atoms with E-state index in [-0.39, 0.29) is 28.8 Å². The number of hydrogen-bond donors (Lipinski definition) is 2. The van der Waals surface area contributed by atoms with E-state index in [1.165, 1.54) is 19.2 Å². The highest BCUT2D eigenvalue weighted by Gasteiger charge is 2.42. The summed E-state index contributed by atoms with van der Waals surface area (Å²) in [5.74, 6) is -0.895. The fourth-order valence-electron chi connectivity index (χ4n) is 3.15. The molecule has 9 nitrogen and oxygen atoms in total. The molecule has 1 saturated heterocycles. The highest BCUT2D eigenvalue weighted by Crippen LogP contribution is 2.29. The van der Waals surface area contributed by atoms with Crippen LogP contribution in [0.15, 0.2) is 53.1 Å². The van der Waals surface area contributed by atoms with Gasteiger partial charge in [0.15, 0.2) is 5.82 Å². The zero-order chi connectivity index (χ0) is 22.2. The summed E-state index contributed by atoms with van der Waals surface area (Å²) in [5, 5.41) is 6.28. The van der Waals surface area contributed by atoms with Crippen molar-refractivity contribution in [3.05, 3.63) is 65.2 Å². The van der Waals surface area contributed by atoms with Gasteiger partial charge in [-0.15, -0.1) is 0 Å². The van der Waals surface area contributed by atoms with Gasteiger partial charge in [-0.1, -0.05) is 35.0 Å². The molecular formula is C19H17ClFN5O4S. The van der Waals surface area contributed by atoms with Crippen LogP contribution >= 0.6 is 11.6 Å². The molecule has 1 aliphatic heterocycles. The minimum absolute atomic E-state index is 0.0459. The van der Waals surface area contributed by atoms with Crippen molar-refractivity contribution in [1.82, 2.24) is 19.2 Å². The van der Waals surface area contributed by atoms with E-state index in [1.54, 1.807) is 24.3 Å². The molecule has 0 spiro atoms. The Kier molecular flexibility index (Phi) is 5.75. The molecule has 1 aliphatic rings. The smallest absolute Gasteiger partial charge is 0.280 e. The summed E-state index contributed by atoms with van der Waals surface area (Å²) in [6.45, 7) is 0. The zero-order valence-corrected chi connectivity index (χ0v) is 17.7. The van der Waals surface area contributed by atoms with Gasteiger partial charge in [-0.3, -0.25) is 4.79 Å². The van der Waals surface area contributed by atoms with Gasteiger partial charge in [-0.05, 0) is 36.8 Å². The Hall–Kier alpha value is -2.86. The largest absolute Gasteiger partial charge is 0.334 e. The minimum atomic E-state index is -4.00. The molecule has 0 bridgehead atoms. The van der Waals surface area contributed by atoms with Crippen LogP contribution in [0, 0.1) is 5.82 Å². The van der Waals surface area contributed by atoms with Crippen LogP contribution in [0.5, 0.6) is 0 Å². The van der Waals surface area contributed by atoms with Gasteiger partial charge < -0.3 is 9.84 Å². The van der Waals surface area contributed by atoms with Gasteiger partial charge in [0, 0.05) is 18.3 Å². The molecule has 4 rings (SSSR count). The number of hydrogen-bond acceptors (Lipinski definition) is 6. The van der Waals surface area contributed by atoms with E-state index in [9.17, 15) is 17.6 Å². The Morgan fingerprint density at radius 3 is 2.74 bits per heavy atom. The first-order valence-corrected chi connectivity index (χ1v) is 11.0. The second-order valence-electron chi connectivity index (χ2n) is 6.89. The maximum absolute atomic E-state index is 13.4. The van der Waals surface area contributed by atoms with Crippen LogP contribution in [0.2, 0.25) is 5.02 Å². The van der Waals surface area contributed by atoms with E-state index in [2.05, 4.69) is 20.2 Å². The van der Waals surface area contributed by atoms with Crippen molar-refractivity contribution in [3.63, 3.8) is 0 Å². The van der Waals surface area contributed by atoms with Crippen molar-refractivity contribution in [1.29, 1.82) is 0 Å². The van der Waals surface area contributed by atoms with E-state index in [0.717, 1.165) is 10.4 Å². The first-order valence-electron chi connectivity index (χ1n) is 9.15. The molecule has 12 heteroatoms. The van der Waals surface area contributed by atoms with Crippen molar-refractivity contribution in [2.45, 2.75) is 18.5 Å². The summed E-state index contributed by atoms with van der Waals surface area (Å²) >= 11 is 5.74. The van der Waals surface area contributed by atoms with E-state index in [4.69, 9.17) is 16.1 Å². The highest BCUT2D eigenvalue weighted by atomic mass is 35.5. The van der Waals surface area contributed by atoms with Gasteiger partial charge >= 0.3 is 0 Å². The molecule has 0 saturated carbocycles. The Morgan fingerprint density at radius 1 is 1.29 bits per heavy atom. The molecule has 2 N–H and O–H groups in total. The topological polar surface area (TPSA) is 117 Å². The summed E-state index contributed by atoms with van der Waals surface area (Å²) in [4.78, 5) is 17.1. The number of nitrogens with one attached hydrogen (secondary N) is 2. The highest BCUT2D eigenvalue weighted by molar-refractivity contribution is 7.87. The van der Waals surface area contributed by atoms with Crippen molar-refractivity contribution in [2.75, 3.05) is 12.4 Å². The summed E-state index contributed by atoms with van der Waals surface area (Å²) in [6.07, 6.45) is 0.0459. The molecule has 1 aromatic heterocycles. The number of rotatable bonds is 4. The summed E-state index contributed by atoms with van der Waals surface area (Å²) < 4.78 is 47.2. The van der Waals surface area contributed by atoms with Crippen LogP contribution < -0.4 is 10.0 Å². The molecular weight excluding hydrogens is 449 g/mol. The average molecular weight is 466 g/mol. The quantitative estimate of drug-likeness (QED) is 0.611. The van der Waals surface area contributed by atoms with Gasteiger partial charge in [0.2, 0.25) is 5.91 Å². The number of halogens is 2. The summed E-state index contributed by atoms with van der Waals surface area (Å²) in [7, 11) is -2.72. The maximum Gasteiger partial charge on any atom is 0.280 e. The van der Waals surface area contributed by atoms with Gasteiger partial charge in [0.25, 0.3) is 16.1 Å². The fraction of sp³-hybridized carbons (Fsp3) is 0.211. The third kappa shape index (κ3) is 4.44. The first kappa shape index (κ1) is 21.4. The molecule has 2 unspecified atom stereocenters. The lowest BCUT2D eigenvalue weighted by Gasteiger charge is -2.34. The van der Waals surface area contributed by atoms with Crippen LogP contribution in [-0.2, 0) is 15.0 Å². The number of aromatic nitrogens is 2. The van der Waals surface area contributed by atoms with Crippen LogP contribution in [0.3, 0.4) is 0 Å². The van der Waals surface area contributed by atoms with E-state index < -0.39 is 34.0 Å². The summed E-state index contributed by atoms with van der Waals surface area (Å²) in [5.41, 5.74) is 0.919. The monoisotopic (exact) mass is 465 g/mol. The Bertz CT molecular complexity index is 1220. The molecule has 162 valence electrons. The lowest BCUT2D eigenvalue weighted by atomic mass is 10.1. The van der Waals surface area contributed by atoms with Gasteiger partial charge in [0.1, 0.15) is 11.9 Å². The van der Waals surface area contributed by atoms with E-state index >= 15 is 0 Å². The number of carbonyl (C=O) groups excluding carboxylic acids is 1. The number of carbonyl (C=O) groups is 1. The van der Waals surface area contributed by atoms with Gasteiger partial charge in [0.05, 0.1) is 11.1 Å². The third-order valence-electron chi connectivity index (χ3n) is 4.83. The van der Waals surface area contributed by atoms with Crippen LogP contribution in [0.25, 0.3) is 11.5 Å². The van der Waals surface area contributed by atoms with Crippen LogP contribution in [0.1, 0.15) is 18.3 Å². The van der Waals surface area contributed by atoms with Crippen LogP contribution in [-0.4, -0.2) is 41.9 Å². The zero-order valence-electron chi connectivity index (χ0n) is 16.1. The lowest BCUT2D eigenvalue weighted by Crippen LogP contribution is -2.56. The van der Waals surface area contributed by atoms with E-state index in [1.807, 2.05) is 6.07 Å². The van der Waals surface area contributed by atoms with Gasteiger partial charge in [-0.25, -0.2) is 4.39 Å². The molecule has 2 atom stereocenters. The molecule has 31 heavy (non-hydrogen) atoms. The number of benzene rings is 2. The number of likely N-dealkylation sites (N-methyl/N-ethyl adjacent to an activating group) is 1. The van der Waals surface area contributed by atoms with Crippen LogP contribution in [0.4, 0.5) is 10.1 Å². The number of nitrogens with zero attached hydrogens (tertiary/aromatic N) is 3. The third-order valence-corrected chi connectivity index (χ3v) is 6.72. The Balaban J connectivity index is 1.57. The lowest BCUT2D eigenvalue weighted by molar-refractivity contribution is -0.120. The Labute approximate surface area is 182 Å². The SMILES string of the molecule is CN1C(C(=O)Nc2ccc(F)c(Cl)c2)CC(c2noc(-c3ccccc3)n2)NS1(=O)=O. The molecule has 0 aliphatic carbocycles. The van der Waals surface area contributed by atoms with Crippen molar-refractivity contribution >= 4 is 33.4 Å². The summed E-state index contributed by atoms with van der Waals surface area (Å²) in [6, 6.07) is 10.7.